The summed E-state index contributed by atoms with van der Waals surface area (Å²) < 4.78 is 6.64. The molecule has 0 aromatic carbocycles. The molecule has 0 aromatic rings. The molecule has 1 heterocycles. The molecule has 1 aliphatic heterocycles. The number of hydrogen-bond donors (Lipinski definition) is 1. The standard InChI is InChI=1S/C30H48O2/c1-19-10-13-25-22(19)12-9-20(2)23(28(25,4)5)14-15-24-21(3)11-16-27-30(24,8)18-17-26(31)29(6,7)32-27/h9-10,22-23,25-27,31H,11-18H2,1-8H3/t22-,23-,25+,26+,27+,30+/m1/s1. The van der Waals surface area contributed by atoms with E-state index in [2.05, 4.69) is 67.5 Å². The lowest BCUT2D eigenvalue weighted by Crippen LogP contribution is -2.45. The van der Waals surface area contributed by atoms with E-state index in [-0.39, 0.29) is 17.6 Å². The number of fused-ring (bicyclic) bond motifs is 2. The summed E-state index contributed by atoms with van der Waals surface area (Å²) in [5.41, 5.74) is 6.38. The summed E-state index contributed by atoms with van der Waals surface area (Å²) in [7, 11) is 0. The molecule has 4 aliphatic rings. The maximum Gasteiger partial charge on any atom is 0.0888 e. The van der Waals surface area contributed by atoms with Crippen LogP contribution in [0.5, 0.6) is 0 Å². The minimum Gasteiger partial charge on any atom is -0.390 e. The average molecular weight is 441 g/mol. The van der Waals surface area contributed by atoms with Crippen molar-refractivity contribution in [2.75, 3.05) is 0 Å². The highest BCUT2D eigenvalue weighted by Gasteiger charge is 2.49. The molecule has 0 bridgehead atoms. The van der Waals surface area contributed by atoms with Crippen molar-refractivity contribution < 1.29 is 9.84 Å². The summed E-state index contributed by atoms with van der Waals surface area (Å²) in [6.45, 7) is 18.8. The van der Waals surface area contributed by atoms with Crippen molar-refractivity contribution in [1.82, 2.24) is 0 Å². The third-order valence-electron chi connectivity index (χ3n) is 10.4. The summed E-state index contributed by atoms with van der Waals surface area (Å²) >= 11 is 0. The van der Waals surface area contributed by atoms with Crippen LogP contribution >= 0.6 is 0 Å². The largest absolute Gasteiger partial charge is 0.390 e. The first-order chi connectivity index (χ1) is 14.9. The van der Waals surface area contributed by atoms with Gasteiger partial charge >= 0.3 is 0 Å². The van der Waals surface area contributed by atoms with Crippen LogP contribution < -0.4 is 0 Å². The van der Waals surface area contributed by atoms with Crippen molar-refractivity contribution in [2.24, 2.45) is 28.6 Å². The Balaban J connectivity index is 1.58. The lowest BCUT2D eigenvalue weighted by molar-refractivity contribution is -0.147. The molecular weight excluding hydrogens is 392 g/mol. The van der Waals surface area contributed by atoms with Gasteiger partial charge in [-0.25, -0.2) is 0 Å². The average Bonchev–Trinajstić information content (AvgIpc) is 3.01. The van der Waals surface area contributed by atoms with Crippen LogP contribution in [0.2, 0.25) is 0 Å². The summed E-state index contributed by atoms with van der Waals surface area (Å²) in [6, 6.07) is 0. The smallest absolute Gasteiger partial charge is 0.0888 e. The van der Waals surface area contributed by atoms with Crippen LogP contribution in [0, 0.1) is 28.6 Å². The van der Waals surface area contributed by atoms with Gasteiger partial charge in [-0.15, -0.1) is 0 Å². The van der Waals surface area contributed by atoms with Crippen LogP contribution in [0.4, 0.5) is 0 Å². The second kappa shape index (κ2) is 8.42. The zero-order valence-corrected chi connectivity index (χ0v) is 22.1. The fourth-order valence-electron chi connectivity index (χ4n) is 8.03. The number of allylic oxidation sites excluding steroid dienone is 5. The van der Waals surface area contributed by atoms with Crippen molar-refractivity contribution in [3.63, 3.8) is 0 Å². The minimum atomic E-state index is -0.455. The Bertz CT molecular complexity index is 826. The van der Waals surface area contributed by atoms with E-state index in [1.807, 2.05) is 0 Å². The van der Waals surface area contributed by atoms with E-state index >= 15 is 0 Å². The normalized spacial score (nSPS) is 41.2. The van der Waals surface area contributed by atoms with Crippen molar-refractivity contribution in [3.05, 3.63) is 34.4 Å². The van der Waals surface area contributed by atoms with Crippen LogP contribution in [0.1, 0.15) is 107 Å². The van der Waals surface area contributed by atoms with Gasteiger partial charge in [-0.1, -0.05) is 55.2 Å². The maximum atomic E-state index is 10.8. The molecule has 4 rings (SSSR count). The molecule has 0 unspecified atom stereocenters. The number of aliphatic hydroxyl groups excluding tert-OH is 1. The Morgan fingerprint density at radius 3 is 2.38 bits per heavy atom. The molecule has 0 amide bonds. The van der Waals surface area contributed by atoms with Crippen molar-refractivity contribution >= 4 is 0 Å². The summed E-state index contributed by atoms with van der Waals surface area (Å²) in [4.78, 5) is 0. The molecule has 1 saturated heterocycles. The van der Waals surface area contributed by atoms with Crippen LogP contribution in [0.15, 0.2) is 34.4 Å². The van der Waals surface area contributed by atoms with E-state index in [1.54, 1.807) is 22.3 Å². The number of ether oxygens (including phenoxy) is 1. The predicted molar refractivity (Wildman–Crippen MR) is 134 cm³/mol. The van der Waals surface area contributed by atoms with Gasteiger partial charge in [0, 0.05) is 5.41 Å². The van der Waals surface area contributed by atoms with Gasteiger partial charge in [-0.2, -0.15) is 0 Å². The van der Waals surface area contributed by atoms with Gasteiger partial charge in [0.2, 0.25) is 0 Å². The highest BCUT2D eigenvalue weighted by molar-refractivity contribution is 5.28. The third kappa shape index (κ3) is 3.98. The molecule has 0 aromatic heterocycles. The quantitative estimate of drug-likeness (QED) is 0.454. The Morgan fingerprint density at radius 1 is 0.969 bits per heavy atom. The molecule has 32 heavy (non-hydrogen) atoms. The fourth-order valence-corrected chi connectivity index (χ4v) is 8.03. The monoisotopic (exact) mass is 440 g/mol. The number of hydrogen-bond acceptors (Lipinski definition) is 2. The molecular formula is C30H48O2. The van der Waals surface area contributed by atoms with Crippen molar-refractivity contribution in [2.45, 2.75) is 125 Å². The van der Waals surface area contributed by atoms with Crippen LogP contribution in [-0.4, -0.2) is 22.9 Å². The molecule has 1 fully saturated rings. The lowest BCUT2D eigenvalue weighted by atomic mass is 9.61. The van der Waals surface area contributed by atoms with E-state index in [0.29, 0.717) is 11.3 Å². The first-order valence-electron chi connectivity index (χ1n) is 13.3. The molecule has 180 valence electrons. The van der Waals surface area contributed by atoms with E-state index in [1.165, 1.54) is 25.7 Å². The van der Waals surface area contributed by atoms with E-state index in [4.69, 9.17) is 4.74 Å². The second-order valence-corrected chi connectivity index (χ2v) is 13.0. The minimum absolute atomic E-state index is 0.0532. The molecule has 0 spiro atoms. The highest BCUT2D eigenvalue weighted by atomic mass is 16.5. The Labute approximate surface area is 197 Å². The van der Waals surface area contributed by atoms with Crippen LogP contribution in [0.25, 0.3) is 0 Å². The van der Waals surface area contributed by atoms with Gasteiger partial charge in [0.15, 0.2) is 0 Å². The van der Waals surface area contributed by atoms with Crippen molar-refractivity contribution in [1.29, 1.82) is 0 Å². The Kier molecular flexibility index (Phi) is 6.38. The fraction of sp³-hybridized carbons (Fsp3) is 0.800. The lowest BCUT2D eigenvalue weighted by Gasteiger charge is -2.46. The van der Waals surface area contributed by atoms with Gasteiger partial charge in [0.05, 0.1) is 17.8 Å². The molecule has 6 atom stereocenters. The van der Waals surface area contributed by atoms with E-state index < -0.39 is 5.60 Å². The van der Waals surface area contributed by atoms with Crippen LogP contribution in [0.3, 0.4) is 0 Å². The topological polar surface area (TPSA) is 29.5 Å². The SMILES string of the molecule is CC1=CC[C@H]2[C@@H]1CC=C(C)[C@@H](CCC1=C(C)CC[C@@H]3OC(C)(C)[C@@H](O)CC[C@@]13C)C2(C)C. The number of rotatable bonds is 3. The summed E-state index contributed by atoms with van der Waals surface area (Å²) in [5, 5.41) is 10.8. The van der Waals surface area contributed by atoms with Gasteiger partial charge < -0.3 is 9.84 Å². The predicted octanol–water partition coefficient (Wildman–Crippen LogP) is 7.78. The van der Waals surface area contributed by atoms with Crippen LogP contribution in [-0.2, 0) is 4.74 Å². The molecule has 2 heteroatoms. The van der Waals surface area contributed by atoms with Gasteiger partial charge in [0.1, 0.15) is 0 Å². The molecule has 0 radical (unpaired) electrons. The van der Waals surface area contributed by atoms with Crippen molar-refractivity contribution in [3.8, 4) is 0 Å². The van der Waals surface area contributed by atoms with Gasteiger partial charge in [0.25, 0.3) is 0 Å². The molecule has 0 saturated carbocycles. The first-order valence-corrected chi connectivity index (χ1v) is 13.3. The van der Waals surface area contributed by atoms with E-state index in [9.17, 15) is 5.11 Å². The molecule has 3 aliphatic carbocycles. The summed E-state index contributed by atoms with van der Waals surface area (Å²) in [6.07, 6.45) is 13.9. The summed E-state index contributed by atoms with van der Waals surface area (Å²) in [5.74, 6) is 2.14. The van der Waals surface area contributed by atoms with Gasteiger partial charge in [-0.05, 0) is 109 Å². The maximum absolute atomic E-state index is 10.8. The first kappa shape index (κ1) is 24.3. The zero-order chi connectivity index (χ0) is 23.5. The third-order valence-corrected chi connectivity index (χ3v) is 10.4. The number of aliphatic hydroxyl groups is 1. The molecule has 2 nitrogen and oxygen atoms in total. The zero-order valence-electron chi connectivity index (χ0n) is 22.1. The van der Waals surface area contributed by atoms with E-state index in [0.717, 1.165) is 37.5 Å². The second-order valence-electron chi connectivity index (χ2n) is 13.0. The Morgan fingerprint density at radius 2 is 1.66 bits per heavy atom. The Hall–Kier alpha value is -0.860. The molecule has 1 N–H and O–H groups in total. The highest BCUT2D eigenvalue weighted by Crippen LogP contribution is 2.56. The van der Waals surface area contributed by atoms with Gasteiger partial charge in [-0.3, -0.25) is 0 Å².